The molecule has 3 aromatic rings. The van der Waals surface area contributed by atoms with Gasteiger partial charge in [-0.2, -0.15) is 5.26 Å². The number of ether oxygens (including phenoxy) is 3. The highest BCUT2D eigenvalue weighted by molar-refractivity contribution is 7.98. The molecule has 9 heteroatoms. The van der Waals surface area contributed by atoms with Crippen LogP contribution < -0.4 is 19.8 Å². The molecule has 0 aliphatic carbocycles. The maximum absolute atomic E-state index is 13.4. The van der Waals surface area contributed by atoms with E-state index in [1.807, 2.05) is 36.6 Å². The predicted octanol–water partition coefficient (Wildman–Crippen LogP) is 4.24. The van der Waals surface area contributed by atoms with Gasteiger partial charge in [0.25, 0.3) is 5.56 Å². The molecular formula is C22H21N3O4S2. The number of nitriles is 1. The lowest BCUT2D eigenvalue weighted by molar-refractivity contribution is 0.324. The number of hydrogen-bond donors (Lipinski definition) is 0. The van der Waals surface area contributed by atoms with E-state index >= 15 is 0 Å². The minimum Gasteiger partial charge on any atom is -0.493 e. The Labute approximate surface area is 189 Å². The molecular weight excluding hydrogens is 434 g/mol. The van der Waals surface area contributed by atoms with Crippen molar-refractivity contribution in [3.63, 3.8) is 0 Å². The molecule has 160 valence electrons. The largest absolute Gasteiger partial charge is 0.493 e. The number of thioether (sulfide) groups is 2. The molecule has 0 atom stereocenters. The van der Waals surface area contributed by atoms with Crippen molar-refractivity contribution in [1.29, 1.82) is 5.26 Å². The van der Waals surface area contributed by atoms with Gasteiger partial charge in [-0.05, 0) is 24.6 Å². The van der Waals surface area contributed by atoms with Crippen LogP contribution in [0.5, 0.6) is 17.2 Å². The third-order valence-corrected chi connectivity index (χ3v) is 6.04. The molecule has 0 aliphatic rings. The van der Waals surface area contributed by atoms with E-state index in [-0.39, 0.29) is 5.56 Å². The second-order valence-corrected chi connectivity index (χ2v) is 7.86. The summed E-state index contributed by atoms with van der Waals surface area (Å²) in [5.41, 5.74) is 0.689. The van der Waals surface area contributed by atoms with Crippen LogP contribution in [-0.2, 0) is 0 Å². The van der Waals surface area contributed by atoms with Crippen LogP contribution in [-0.4, -0.2) is 43.4 Å². The topological polar surface area (TPSA) is 86.4 Å². The molecule has 1 aromatic heterocycles. The van der Waals surface area contributed by atoms with Crippen molar-refractivity contribution in [2.24, 2.45) is 0 Å². The van der Waals surface area contributed by atoms with E-state index in [0.29, 0.717) is 33.8 Å². The molecule has 2 aromatic carbocycles. The summed E-state index contributed by atoms with van der Waals surface area (Å²) in [4.78, 5) is 19.2. The van der Waals surface area contributed by atoms with Gasteiger partial charge in [-0.3, -0.25) is 9.36 Å². The fraction of sp³-hybridized carbons (Fsp3) is 0.227. The number of benzene rings is 2. The first-order chi connectivity index (χ1) is 15.0. The summed E-state index contributed by atoms with van der Waals surface area (Å²) < 4.78 is 17.7. The van der Waals surface area contributed by atoms with Crippen molar-refractivity contribution in [2.45, 2.75) is 9.92 Å². The fourth-order valence-corrected chi connectivity index (χ4v) is 4.04. The first-order valence-electron chi connectivity index (χ1n) is 9.08. The predicted molar refractivity (Wildman–Crippen MR) is 123 cm³/mol. The van der Waals surface area contributed by atoms with Crippen LogP contribution in [0.25, 0.3) is 17.1 Å². The average Bonchev–Trinajstić information content (AvgIpc) is 2.82. The molecule has 0 N–H and O–H groups in total. The maximum atomic E-state index is 13.4. The van der Waals surface area contributed by atoms with Gasteiger partial charge in [-0.25, -0.2) is 4.98 Å². The van der Waals surface area contributed by atoms with Crippen LogP contribution in [0.4, 0.5) is 0 Å². The molecule has 0 amide bonds. The van der Waals surface area contributed by atoms with E-state index in [1.54, 1.807) is 30.2 Å². The van der Waals surface area contributed by atoms with Crippen LogP contribution in [0.2, 0.25) is 0 Å². The second-order valence-electron chi connectivity index (χ2n) is 6.18. The number of nitrogens with zero attached hydrogens (tertiary/aromatic N) is 3. The maximum Gasteiger partial charge on any atom is 0.277 e. The number of rotatable bonds is 7. The highest BCUT2D eigenvalue weighted by atomic mass is 32.2. The molecule has 31 heavy (non-hydrogen) atoms. The lowest BCUT2D eigenvalue weighted by atomic mass is 10.1. The average molecular weight is 456 g/mol. The molecule has 0 unspecified atom stereocenters. The summed E-state index contributed by atoms with van der Waals surface area (Å²) in [6.07, 6.45) is 3.78. The zero-order valence-electron chi connectivity index (χ0n) is 17.8. The quantitative estimate of drug-likeness (QED) is 0.386. The van der Waals surface area contributed by atoms with Crippen molar-refractivity contribution in [2.75, 3.05) is 33.8 Å². The van der Waals surface area contributed by atoms with Crippen LogP contribution >= 0.6 is 23.5 Å². The molecule has 0 saturated heterocycles. The molecule has 3 rings (SSSR count). The second kappa shape index (κ2) is 9.81. The van der Waals surface area contributed by atoms with Gasteiger partial charge in [-0.1, -0.05) is 12.1 Å². The van der Waals surface area contributed by atoms with E-state index in [4.69, 9.17) is 14.2 Å². The van der Waals surface area contributed by atoms with Crippen molar-refractivity contribution in [1.82, 2.24) is 9.55 Å². The summed E-state index contributed by atoms with van der Waals surface area (Å²) in [6.45, 7) is 0. The Kier molecular flexibility index (Phi) is 7.15. The molecule has 0 radical (unpaired) electrons. The van der Waals surface area contributed by atoms with Gasteiger partial charge in [-0.15, -0.1) is 23.5 Å². The summed E-state index contributed by atoms with van der Waals surface area (Å²) in [7, 11) is 4.51. The van der Waals surface area contributed by atoms with E-state index in [9.17, 15) is 10.1 Å². The van der Waals surface area contributed by atoms with Crippen LogP contribution in [0.3, 0.4) is 0 Å². The highest BCUT2D eigenvalue weighted by Gasteiger charge is 2.22. The minimum absolute atomic E-state index is 0.0225. The van der Waals surface area contributed by atoms with Gasteiger partial charge in [0.2, 0.25) is 5.75 Å². The summed E-state index contributed by atoms with van der Waals surface area (Å²) >= 11 is 2.88. The van der Waals surface area contributed by atoms with Gasteiger partial charge in [0.1, 0.15) is 22.5 Å². The number of aromatic nitrogens is 2. The molecule has 7 nitrogen and oxygen atoms in total. The monoisotopic (exact) mass is 455 g/mol. The highest BCUT2D eigenvalue weighted by Crippen LogP contribution is 2.40. The first-order valence-corrected chi connectivity index (χ1v) is 11.5. The van der Waals surface area contributed by atoms with Crippen LogP contribution in [0, 0.1) is 11.3 Å². The Hall–Kier alpha value is -3.09. The summed E-state index contributed by atoms with van der Waals surface area (Å²) in [6, 6.07) is 13.0. The molecule has 0 spiro atoms. The molecule has 1 heterocycles. The smallest absolute Gasteiger partial charge is 0.277 e. The minimum atomic E-state index is -0.472. The third-order valence-electron chi connectivity index (χ3n) is 4.61. The van der Waals surface area contributed by atoms with Crippen LogP contribution in [0.15, 0.2) is 51.1 Å². The Bertz CT molecular complexity index is 1180. The van der Waals surface area contributed by atoms with Crippen molar-refractivity contribution in [3.05, 3.63) is 52.3 Å². The molecule has 0 bridgehead atoms. The summed E-state index contributed by atoms with van der Waals surface area (Å²) in [5, 5.41) is 10.0. The number of hydrogen-bond acceptors (Lipinski definition) is 8. The Morgan fingerprint density at radius 3 is 2.03 bits per heavy atom. The van der Waals surface area contributed by atoms with E-state index in [0.717, 1.165) is 10.5 Å². The van der Waals surface area contributed by atoms with Crippen molar-refractivity contribution in [3.8, 4) is 40.4 Å². The van der Waals surface area contributed by atoms with E-state index in [1.165, 1.54) is 37.7 Å². The zero-order valence-corrected chi connectivity index (χ0v) is 19.4. The van der Waals surface area contributed by atoms with Crippen molar-refractivity contribution >= 4 is 23.5 Å². The third kappa shape index (κ3) is 4.22. The lowest BCUT2D eigenvalue weighted by Crippen LogP contribution is -2.25. The van der Waals surface area contributed by atoms with Gasteiger partial charge >= 0.3 is 0 Å². The van der Waals surface area contributed by atoms with E-state index < -0.39 is 5.56 Å². The Balaban J connectivity index is 2.40. The van der Waals surface area contributed by atoms with Crippen LogP contribution in [0.1, 0.15) is 5.56 Å². The van der Waals surface area contributed by atoms with Gasteiger partial charge in [0, 0.05) is 22.6 Å². The van der Waals surface area contributed by atoms with Gasteiger partial charge < -0.3 is 14.2 Å². The van der Waals surface area contributed by atoms with Gasteiger partial charge in [0.15, 0.2) is 11.5 Å². The molecule has 0 aliphatic heterocycles. The first kappa shape index (κ1) is 22.6. The Morgan fingerprint density at radius 2 is 1.58 bits per heavy atom. The molecule has 0 saturated carbocycles. The van der Waals surface area contributed by atoms with Crippen molar-refractivity contribution < 1.29 is 14.2 Å². The van der Waals surface area contributed by atoms with E-state index in [2.05, 4.69) is 4.98 Å². The Morgan fingerprint density at radius 1 is 0.968 bits per heavy atom. The zero-order chi connectivity index (χ0) is 22.5. The molecule has 0 fully saturated rings. The normalized spacial score (nSPS) is 10.5. The lowest BCUT2D eigenvalue weighted by Gasteiger charge is -2.18. The fourth-order valence-electron chi connectivity index (χ4n) is 3.11. The number of methoxy groups -OCH3 is 3. The summed E-state index contributed by atoms with van der Waals surface area (Å²) in [5.74, 6) is 1.59. The standard InChI is InChI=1S/C22H21N3O4S2/c1-27-17-10-14(11-18(28-2)19(17)29-3)25-20(13-6-8-15(30-4)9-7-13)24-21(31-5)16(12-23)22(25)26/h6-11H,1-5H3. The SMILES string of the molecule is COc1cc(-n2c(-c3ccc(SC)cc3)nc(SC)c(C#N)c2=O)cc(OC)c1OC. The van der Waals surface area contributed by atoms with Gasteiger partial charge in [0.05, 0.1) is 27.0 Å².